The van der Waals surface area contributed by atoms with Gasteiger partial charge in [0.1, 0.15) is 5.69 Å². The third-order valence-corrected chi connectivity index (χ3v) is 3.51. The van der Waals surface area contributed by atoms with Gasteiger partial charge in [-0.1, -0.05) is 0 Å². The molecule has 2 rings (SSSR count). The van der Waals surface area contributed by atoms with E-state index in [-0.39, 0.29) is 11.6 Å². The molecule has 1 amide bonds. The molecule has 0 bridgehead atoms. The minimum Gasteiger partial charge on any atom is -0.477 e. The van der Waals surface area contributed by atoms with Gasteiger partial charge >= 0.3 is 5.97 Å². The first-order valence-electron chi connectivity index (χ1n) is 6.24. The molecular weight excluding hydrogens is 232 g/mol. The van der Waals surface area contributed by atoms with E-state index in [0.29, 0.717) is 16.8 Å². The normalized spacial score (nSPS) is 15.8. The Kier molecular flexibility index (Phi) is 3.41. The van der Waals surface area contributed by atoms with E-state index in [4.69, 9.17) is 5.11 Å². The van der Waals surface area contributed by atoms with Crippen molar-refractivity contribution in [3.63, 3.8) is 0 Å². The average molecular weight is 250 g/mol. The highest BCUT2D eigenvalue weighted by Crippen LogP contribution is 2.21. The van der Waals surface area contributed by atoms with Crippen LogP contribution in [0.3, 0.4) is 0 Å². The molecule has 0 aliphatic carbocycles. The van der Waals surface area contributed by atoms with E-state index in [9.17, 15) is 9.59 Å². The molecule has 2 heterocycles. The number of carbonyl (C=O) groups is 2. The Morgan fingerprint density at radius 3 is 2.28 bits per heavy atom. The van der Waals surface area contributed by atoms with E-state index in [1.165, 1.54) is 0 Å². The van der Waals surface area contributed by atoms with Crippen molar-refractivity contribution in [2.75, 3.05) is 13.1 Å². The molecule has 1 aromatic rings. The minimum atomic E-state index is -1.02. The number of nitrogens with zero attached hydrogens (tertiary/aromatic N) is 1. The second-order valence-corrected chi connectivity index (χ2v) is 4.78. The van der Waals surface area contributed by atoms with E-state index in [2.05, 4.69) is 4.98 Å². The number of H-pyrrole nitrogens is 1. The maximum atomic E-state index is 12.4. The van der Waals surface area contributed by atoms with Gasteiger partial charge in [0.2, 0.25) is 0 Å². The van der Waals surface area contributed by atoms with E-state index < -0.39 is 5.97 Å². The zero-order valence-electron chi connectivity index (χ0n) is 10.7. The Morgan fingerprint density at radius 1 is 1.17 bits per heavy atom. The Morgan fingerprint density at radius 2 is 1.78 bits per heavy atom. The number of likely N-dealkylation sites (tertiary alicyclic amines) is 1. The fraction of sp³-hybridized carbons (Fsp3) is 0.538. The number of hydrogen-bond acceptors (Lipinski definition) is 2. The fourth-order valence-electron chi connectivity index (χ4n) is 2.54. The highest BCUT2D eigenvalue weighted by atomic mass is 16.4. The summed E-state index contributed by atoms with van der Waals surface area (Å²) in [7, 11) is 0. The van der Waals surface area contributed by atoms with E-state index in [1.54, 1.807) is 13.8 Å². The van der Waals surface area contributed by atoms with Gasteiger partial charge in [0.25, 0.3) is 5.91 Å². The van der Waals surface area contributed by atoms with Gasteiger partial charge in [-0.2, -0.15) is 0 Å². The van der Waals surface area contributed by atoms with Crippen molar-refractivity contribution in [1.82, 2.24) is 9.88 Å². The lowest BCUT2D eigenvalue weighted by Gasteiger charge is -2.27. The second kappa shape index (κ2) is 4.84. The van der Waals surface area contributed by atoms with Crippen molar-refractivity contribution in [3.8, 4) is 0 Å². The molecule has 0 aromatic carbocycles. The zero-order chi connectivity index (χ0) is 13.3. The molecule has 18 heavy (non-hydrogen) atoms. The van der Waals surface area contributed by atoms with Crippen LogP contribution in [0.5, 0.6) is 0 Å². The predicted octanol–water partition coefficient (Wildman–Crippen LogP) is 1.96. The number of aromatic amines is 1. The lowest BCUT2D eigenvalue weighted by molar-refractivity contribution is 0.0690. The van der Waals surface area contributed by atoms with Crippen LogP contribution in [0.2, 0.25) is 0 Å². The number of nitrogens with one attached hydrogen (secondary N) is 1. The van der Waals surface area contributed by atoms with Gasteiger partial charge < -0.3 is 15.0 Å². The van der Waals surface area contributed by atoms with Gasteiger partial charge in [0.05, 0.1) is 5.56 Å². The van der Waals surface area contributed by atoms with Crippen LogP contribution in [-0.2, 0) is 0 Å². The molecule has 5 nitrogen and oxygen atoms in total. The quantitative estimate of drug-likeness (QED) is 0.842. The number of amides is 1. The molecule has 0 saturated carbocycles. The van der Waals surface area contributed by atoms with Gasteiger partial charge in [-0.3, -0.25) is 4.79 Å². The van der Waals surface area contributed by atoms with Crippen LogP contribution in [-0.4, -0.2) is 40.0 Å². The first-order valence-corrected chi connectivity index (χ1v) is 6.24. The smallest absolute Gasteiger partial charge is 0.352 e. The number of carboxylic acid groups (broad SMARTS) is 1. The molecule has 1 saturated heterocycles. The Bertz CT molecular complexity index is 485. The summed E-state index contributed by atoms with van der Waals surface area (Å²) >= 11 is 0. The van der Waals surface area contributed by atoms with Gasteiger partial charge in [0, 0.05) is 18.8 Å². The van der Waals surface area contributed by atoms with Gasteiger partial charge in [-0.05, 0) is 38.7 Å². The minimum absolute atomic E-state index is 0.0477. The van der Waals surface area contributed by atoms with E-state index in [1.807, 2.05) is 4.90 Å². The third kappa shape index (κ3) is 2.12. The highest BCUT2D eigenvalue weighted by molar-refractivity contribution is 6.00. The van der Waals surface area contributed by atoms with Crippen LogP contribution >= 0.6 is 0 Å². The molecule has 5 heteroatoms. The molecule has 98 valence electrons. The summed E-state index contributed by atoms with van der Waals surface area (Å²) in [6, 6.07) is 0. The summed E-state index contributed by atoms with van der Waals surface area (Å²) in [5.41, 5.74) is 1.82. The van der Waals surface area contributed by atoms with Crippen LogP contribution in [0.15, 0.2) is 0 Å². The molecule has 0 radical (unpaired) electrons. The zero-order valence-corrected chi connectivity index (χ0v) is 10.7. The van der Waals surface area contributed by atoms with Crippen LogP contribution in [0.4, 0.5) is 0 Å². The molecule has 1 aliphatic heterocycles. The average Bonchev–Trinajstić information content (AvgIpc) is 2.65. The number of aromatic nitrogens is 1. The van der Waals surface area contributed by atoms with Crippen LogP contribution in [0.1, 0.15) is 51.4 Å². The molecule has 1 aromatic heterocycles. The molecule has 1 fully saturated rings. The molecule has 0 unspecified atom stereocenters. The standard InChI is InChI=1S/C13H18N2O3/c1-8-10(9(2)14-11(8)13(17)18)12(16)15-6-4-3-5-7-15/h14H,3-7H2,1-2H3,(H,17,18). The third-order valence-electron chi connectivity index (χ3n) is 3.51. The molecule has 0 spiro atoms. The summed E-state index contributed by atoms with van der Waals surface area (Å²) in [4.78, 5) is 28.0. The molecule has 1 aliphatic rings. The van der Waals surface area contributed by atoms with Crippen molar-refractivity contribution in [3.05, 3.63) is 22.5 Å². The second-order valence-electron chi connectivity index (χ2n) is 4.78. The number of aryl methyl sites for hydroxylation is 1. The topological polar surface area (TPSA) is 73.4 Å². The fourth-order valence-corrected chi connectivity index (χ4v) is 2.54. The monoisotopic (exact) mass is 250 g/mol. The lowest BCUT2D eigenvalue weighted by atomic mass is 10.1. The first kappa shape index (κ1) is 12.7. The summed E-state index contributed by atoms with van der Waals surface area (Å²) in [5, 5.41) is 9.04. The Labute approximate surface area is 106 Å². The number of carbonyl (C=O) groups excluding carboxylic acids is 1. The summed E-state index contributed by atoms with van der Waals surface area (Å²) in [6.07, 6.45) is 3.22. The summed E-state index contributed by atoms with van der Waals surface area (Å²) in [5.74, 6) is -1.07. The Balaban J connectivity index is 2.32. The number of carboxylic acids is 1. The highest BCUT2D eigenvalue weighted by Gasteiger charge is 2.26. The summed E-state index contributed by atoms with van der Waals surface area (Å²) in [6.45, 7) is 4.97. The van der Waals surface area contributed by atoms with Crippen molar-refractivity contribution in [1.29, 1.82) is 0 Å². The predicted molar refractivity (Wildman–Crippen MR) is 67.0 cm³/mol. The van der Waals surface area contributed by atoms with Gasteiger partial charge in [-0.15, -0.1) is 0 Å². The largest absolute Gasteiger partial charge is 0.477 e. The number of hydrogen-bond donors (Lipinski definition) is 2. The van der Waals surface area contributed by atoms with Crippen molar-refractivity contribution >= 4 is 11.9 Å². The van der Waals surface area contributed by atoms with Crippen molar-refractivity contribution < 1.29 is 14.7 Å². The molecular formula is C13H18N2O3. The maximum Gasteiger partial charge on any atom is 0.352 e. The van der Waals surface area contributed by atoms with Crippen molar-refractivity contribution in [2.45, 2.75) is 33.1 Å². The molecule has 0 atom stereocenters. The lowest BCUT2D eigenvalue weighted by Crippen LogP contribution is -2.36. The SMILES string of the molecule is Cc1[nH]c(C(=O)O)c(C)c1C(=O)N1CCCCC1. The number of aromatic carboxylic acids is 1. The van der Waals surface area contributed by atoms with E-state index in [0.717, 1.165) is 32.4 Å². The van der Waals surface area contributed by atoms with Gasteiger partial charge in [-0.25, -0.2) is 4.79 Å². The van der Waals surface area contributed by atoms with Crippen LogP contribution in [0, 0.1) is 13.8 Å². The number of piperidine rings is 1. The van der Waals surface area contributed by atoms with E-state index >= 15 is 0 Å². The number of rotatable bonds is 2. The van der Waals surface area contributed by atoms with Crippen molar-refractivity contribution in [2.24, 2.45) is 0 Å². The first-order chi connectivity index (χ1) is 8.52. The van der Waals surface area contributed by atoms with Crippen LogP contribution < -0.4 is 0 Å². The molecule has 2 N–H and O–H groups in total. The maximum absolute atomic E-state index is 12.4. The Hall–Kier alpha value is -1.78. The summed E-state index contributed by atoms with van der Waals surface area (Å²) < 4.78 is 0. The van der Waals surface area contributed by atoms with Crippen LogP contribution in [0.25, 0.3) is 0 Å². The van der Waals surface area contributed by atoms with Gasteiger partial charge in [0.15, 0.2) is 0 Å².